The molecule has 4 rings (SSSR count). The molecule has 1 atom stereocenters. The summed E-state index contributed by atoms with van der Waals surface area (Å²) in [5.74, 6) is 0.425. The number of hydrogen-bond acceptors (Lipinski definition) is 4. The van der Waals surface area contributed by atoms with Gasteiger partial charge in [0.1, 0.15) is 17.1 Å². The molecule has 6 heteroatoms. The average molecular weight is 395 g/mol. The van der Waals surface area contributed by atoms with Crippen LogP contribution in [0.1, 0.15) is 43.1 Å². The number of aromatic nitrogens is 1. The molecule has 2 aliphatic rings. The Labute approximate surface area is 170 Å². The highest BCUT2D eigenvalue weighted by molar-refractivity contribution is 6.05. The normalized spacial score (nSPS) is 21.2. The van der Waals surface area contributed by atoms with E-state index in [0.29, 0.717) is 30.8 Å². The minimum Gasteiger partial charge on any atom is -0.494 e. The van der Waals surface area contributed by atoms with Crippen molar-refractivity contribution in [1.82, 2.24) is 9.88 Å². The number of aliphatic imine (C=N–C) groups is 1. The lowest BCUT2D eigenvalue weighted by molar-refractivity contribution is -0.130. The molecule has 2 aromatic rings. The Morgan fingerprint density at radius 1 is 1.21 bits per heavy atom. The molecule has 0 aliphatic carbocycles. The third-order valence-corrected chi connectivity index (χ3v) is 6.08. The van der Waals surface area contributed by atoms with E-state index in [-0.39, 0.29) is 11.7 Å². The number of rotatable bonds is 4. The third kappa shape index (κ3) is 3.30. The number of carbonyl (C=O) groups excluding carboxylic acids is 1. The van der Waals surface area contributed by atoms with E-state index in [4.69, 9.17) is 14.7 Å². The van der Waals surface area contributed by atoms with Crippen LogP contribution in [0, 0.1) is 19.7 Å². The minimum absolute atomic E-state index is 0.0898. The van der Waals surface area contributed by atoms with Crippen LogP contribution in [0.4, 0.5) is 4.39 Å². The second-order valence-corrected chi connectivity index (χ2v) is 7.91. The number of amides is 1. The van der Waals surface area contributed by atoms with E-state index in [2.05, 4.69) is 0 Å². The number of aryl methyl sites for hydroxylation is 1. The van der Waals surface area contributed by atoms with Crippen molar-refractivity contribution < 1.29 is 13.9 Å². The van der Waals surface area contributed by atoms with Gasteiger partial charge < -0.3 is 9.64 Å². The lowest BCUT2D eigenvalue weighted by Gasteiger charge is -2.17. The van der Waals surface area contributed by atoms with Gasteiger partial charge in [-0.1, -0.05) is 0 Å². The van der Waals surface area contributed by atoms with Crippen molar-refractivity contribution in [1.29, 1.82) is 0 Å². The van der Waals surface area contributed by atoms with Crippen LogP contribution in [-0.2, 0) is 4.79 Å². The maximum absolute atomic E-state index is 14.7. The zero-order chi connectivity index (χ0) is 20.8. The Morgan fingerprint density at radius 3 is 2.69 bits per heavy atom. The van der Waals surface area contributed by atoms with E-state index in [1.807, 2.05) is 33.9 Å². The van der Waals surface area contributed by atoms with Gasteiger partial charge in [0.2, 0.25) is 5.91 Å². The summed E-state index contributed by atoms with van der Waals surface area (Å²) >= 11 is 0. The second-order valence-electron chi connectivity index (χ2n) is 7.91. The Balaban J connectivity index is 1.78. The van der Waals surface area contributed by atoms with Crippen LogP contribution in [0.2, 0.25) is 0 Å². The van der Waals surface area contributed by atoms with Crippen LogP contribution < -0.4 is 4.74 Å². The Bertz CT molecular complexity index is 1020. The number of nitrogens with zero attached hydrogens (tertiary/aromatic N) is 3. The van der Waals surface area contributed by atoms with E-state index in [0.717, 1.165) is 41.2 Å². The molecule has 0 N–H and O–H groups in total. The lowest BCUT2D eigenvalue weighted by Crippen LogP contribution is -2.35. The van der Waals surface area contributed by atoms with Gasteiger partial charge in [-0.25, -0.2) is 4.39 Å². The van der Waals surface area contributed by atoms with Gasteiger partial charge >= 0.3 is 0 Å². The first-order valence-electron chi connectivity index (χ1n) is 10.1. The summed E-state index contributed by atoms with van der Waals surface area (Å²) in [5, 5.41) is 0. The number of carbonyl (C=O) groups is 1. The third-order valence-electron chi connectivity index (χ3n) is 6.08. The second kappa shape index (κ2) is 7.25. The summed E-state index contributed by atoms with van der Waals surface area (Å²) in [7, 11) is 1.82. The highest BCUT2D eigenvalue weighted by Gasteiger charge is 2.48. The summed E-state index contributed by atoms with van der Waals surface area (Å²) in [6, 6.07) is 6.71. The molecule has 0 unspecified atom stereocenters. The van der Waals surface area contributed by atoms with Gasteiger partial charge in [0.05, 0.1) is 18.0 Å². The van der Waals surface area contributed by atoms with E-state index >= 15 is 0 Å². The molecule has 2 aliphatic heterocycles. The zero-order valence-corrected chi connectivity index (χ0v) is 17.4. The van der Waals surface area contributed by atoms with Crippen molar-refractivity contribution in [2.24, 2.45) is 4.99 Å². The molecule has 1 amide bonds. The number of benzene rings is 1. The summed E-state index contributed by atoms with van der Waals surface area (Å²) in [5.41, 5.74) is 3.95. The van der Waals surface area contributed by atoms with E-state index in [1.54, 1.807) is 17.0 Å². The summed E-state index contributed by atoms with van der Waals surface area (Å²) in [4.78, 5) is 23.9. The molecule has 1 aromatic heterocycles. The number of pyridine rings is 1. The molecule has 152 valence electrons. The van der Waals surface area contributed by atoms with Gasteiger partial charge in [-0.2, -0.15) is 0 Å². The Hall–Kier alpha value is -2.76. The molecule has 1 spiro atoms. The number of likely N-dealkylation sites (N-methyl/N-ethyl adjacent to an activating group) is 1. The maximum Gasteiger partial charge on any atom is 0.250 e. The van der Waals surface area contributed by atoms with Crippen LogP contribution in [0.15, 0.2) is 29.3 Å². The first kappa shape index (κ1) is 19.6. The number of ether oxygens (including phenoxy) is 1. The first-order chi connectivity index (χ1) is 13.8. The molecular formula is C23H26FN3O2. The predicted molar refractivity (Wildman–Crippen MR) is 111 cm³/mol. The SMILES string of the molecule is CCOc1ccc(F)c(-c2cc(C3=N[C@]4(CC3)CCN(C)C4=O)nc(C)c2C)c1. The van der Waals surface area contributed by atoms with Crippen molar-refractivity contribution in [3.63, 3.8) is 0 Å². The first-order valence-corrected chi connectivity index (χ1v) is 10.1. The van der Waals surface area contributed by atoms with Gasteiger partial charge in [-0.3, -0.25) is 14.8 Å². The molecule has 5 nitrogen and oxygen atoms in total. The van der Waals surface area contributed by atoms with Crippen LogP contribution in [0.5, 0.6) is 5.75 Å². The van der Waals surface area contributed by atoms with Gasteiger partial charge in [0, 0.05) is 24.8 Å². The molecule has 1 fully saturated rings. The van der Waals surface area contributed by atoms with E-state index in [9.17, 15) is 9.18 Å². The molecule has 1 saturated heterocycles. The molecule has 29 heavy (non-hydrogen) atoms. The quantitative estimate of drug-likeness (QED) is 0.784. The van der Waals surface area contributed by atoms with Gasteiger partial charge in [0.25, 0.3) is 0 Å². The van der Waals surface area contributed by atoms with Crippen molar-refractivity contribution >= 4 is 11.6 Å². The largest absolute Gasteiger partial charge is 0.494 e. The van der Waals surface area contributed by atoms with Gasteiger partial charge in [-0.15, -0.1) is 0 Å². The van der Waals surface area contributed by atoms with E-state index in [1.165, 1.54) is 6.07 Å². The minimum atomic E-state index is -0.634. The molecule has 0 saturated carbocycles. The molecule has 1 aromatic carbocycles. The van der Waals surface area contributed by atoms with Crippen molar-refractivity contribution in [2.45, 2.75) is 45.6 Å². The van der Waals surface area contributed by atoms with Crippen LogP contribution in [0.3, 0.4) is 0 Å². The van der Waals surface area contributed by atoms with Crippen molar-refractivity contribution in [3.8, 4) is 16.9 Å². The molecule has 3 heterocycles. The smallest absolute Gasteiger partial charge is 0.250 e. The van der Waals surface area contributed by atoms with Crippen molar-refractivity contribution in [2.75, 3.05) is 20.2 Å². The number of likely N-dealkylation sites (tertiary alicyclic amines) is 1. The predicted octanol–water partition coefficient (Wildman–Crippen LogP) is 4.09. The zero-order valence-electron chi connectivity index (χ0n) is 17.4. The monoisotopic (exact) mass is 395 g/mol. The number of halogens is 1. The fraction of sp³-hybridized carbons (Fsp3) is 0.435. The highest BCUT2D eigenvalue weighted by atomic mass is 19.1. The highest BCUT2D eigenvalue weighted by Crippen LogP contribution is 2.38. The molecule has 0 bridgehead atoms. The standard InChI is InChI=1S/C23H26FN3O2/c1-5-29-16-6-7-19(24)18(12-16)17-13-21(25-15(3)14(17)2)20-8-9-23(26-20)10-11-27(4)22(23)28/h6-7,12-13H,5,8-11H2,1-4H3/t23-/m1/s1. The molecule has 0 radical (unpaired) electrons. The van der Waals surface area contributed by atoms with Crippen LogP contribution in [-0.4, -0.2) is 47.2 Å². The average Bonchev–Trinajstić information content (AvgIpc) is 3.26. The van der Waals surface area contributed by atoms with Gasteiger partial charge in [-0.05, 0) is 75.4 Å². The van der Waals surface area contributed by atoms with Crippen LogP contribution in [0.25, 0.3) is 11.1 Å². The molecular weight excluding hydrogens is 369 g/mol. The van der Waals surface area contributed by atoms with Crippen molar-refractivity contribution in [3.05, 3.63) is 47.0 Å². The summed E-state index contributed by atoms with van der Waals surface area (Å²) in [6.45, 7) is 7.02. The Kier molecular flexibility index (Phi) is 4.89. The topological polar surface area (TPSA) is 54.8 Å². The maximum atomic E-state index is 14.7. The summed E-state index contributed by atoms with van der Waals surface area (Å²) in [6.07, 6.45) is 2.16. The summed E-state index contributed by atoms with van der Waals surface area (Å²) < 4.78 is 20.3. The lowest BCUT2D eigenvalue weighted by atomic mass is 9.94. The Morgan fingerprint density at radius 2 is 2.00 bits per heavy atom. The number of hydrogen-bond donors (Lipinski definition) is 0. The van der Waals surface area contributed by atoms with Crippen LogP contribution >= 0.6 is 0 Å². The fourth-order valence-electron chi connectivity index (χ4n) is 4.26. The fourth-order valence-corrected chi connectivity index (χ4v) is 4.26. The van der Waals surface area contributed by atoms with Gasteiger partial charge in [0.15, 0.2) is 0 Å². The van der Waals surface area contributed by atoms with E-state index < -0.39 is 5.54 Å².